The molecule has 3 aliphatic rings. The van der Waals surface area contributed by atoms with E-state index in [2.05, 4.69) is 9.68 Å². The quantitative estimate of drug-likeness (QED) is 0.410. The van der Waals surface area contributed by atoms with E-state index in [-0.39, 0.29) is 38.8 Å². The SMILES string of the molecule is O=C(ON1C(=O)CCC1=O)C1COCCO1.O=CON1C(=O)CCC1=O. The minimum Gasteiger partial charge on any atom is -0.376 e. The fourth-order valence-corrected chi connectivity index (χ4v) is 2.15. The molecule has 0 aromatic carbocycles. The highest BCUT2D eigenvalue weighted by atomic mass is 16.7. The summed E-state index contributed by atoms with van der Waals surface area (Å²) in [7, 11) is 0. The Morgan fingerprint density at radius 2 is 1.46 bits per heavy atom. The summed E-state index contributed by atoms with van der Waals surface area (Å²) in [6.07, 6.45) is -0.448. The summed E-state index contributed by atoms with van der Waals surface area (Å²) in [4.78, 5) is 73.4. The molecular formula is C14H16N2O10. The maximum Gasteiger partial charge on any atom is 0.364 e. The number of carbonyl (C=O) groups is 6. The number of amides is 4. The van der Waals surface area contributed by atoms with Gasteiger partial charge in [0.1, 0.15) is 0 Å². The Morgan fingerprint density at radius 1 is 0.923 bits per heavy atom. The van der Waals surface area contributed by atoms with Crippen LogP contribution in [0.4, 0.5) is 0 Å². The van der Waals surface area contributed by atoms with Crippen molar-refractivity contribution >= 4 is 36.1 Å². The van der Waals surface area contributed by atoms with Crippen molar-refractivity contribution in [1.82, 2.24) is 10.1 Å². The number of ether oxygens (including phenoxy) is 2. The minimum absolute atomic E-state index is 0.0567. The van der Waals surface area contributed by atoms with Gasteiger partial charge in [0.05, 0.1) is 19.8 Å². The van der Waals surface area contributed by atoms with Gasteiger partial charge in [-0.05, 0) is 0 Å². The lowest BCUT2D eigenvalue weighted by Crippen LogP contribution is -2.41. The molecule has 0 saturated carbocycles. The normalized spacial score (nSPS) is 22.8. The molecule has 0 bridgehead atoms. The molecule has 0 aliphatic carbocycles. The first-order valence-corrected chi connectivity index (χ1v) is 7.67. The van der Waals surface area contributed by atoms with Crippen LogP contribution >= 0.6 is 0 Å². The van der Waals surface area contributed by atoms with E-state index < -0.39 is 35.7 Å². The maximum atomic E-state index is 11.5. The van der Waals surface area contributed by atoms with Crippen LogP contribution in [0.1, 0.15) is 25.7 Å². The molecule has 26 heavy (non-hydrogen) atoms. The van der Waals surface area contributed by atoms with Crippen molar-refractivity contribution in [1.29, 1.82) is 0 Å². The number of hydroxylamine groups is 4. The molecule has 3 aliphatic heterocycles. The molecule has 0 N–H and O–H groups in total. The third-order valence-corrected chi connectivity index (χ3v) is 3.42. The van der Waals surface area contributed by atoms with Crippen LogP contribution in [0.3, 0.4) is 0 Å². The second-order valence-electron chi connectivity index (χ2n) is 5.21. The van der Waals surface area contributed by atoms with Crippen LogP contribution in [0.2, 0.25) is 0 Å². The van der Waals surface area contributed by atoms with Gasteiger partial charge in [0.15, 0.2) is 6.10 Å². The summed E-state index contributed by atoms with van der Waals surface area (Å²) in [5, 5.41) is 0.979. The average molecular weight is 372 g/mol. The van der Waals surface area contributed by atoms with Crippen LogP contribution in [-0.2, 0) is 47.9 Å². The number of imide groups is 2. The standard InChI is InChI=1S/C9H11NO6.C5H5NO4/c11-7-1-2-8(12)10(7)16-9(13)6-5-14-3-4-15-6;7-3-10-6-4(8)1-2-5(6)9/h6H,1-5H2;3H,1-2H2. The van der Waals surface area contributed by atoms with Crippen LogP contribution < -0.4 is 0 Å². The number of hydrogen-bond donors (Lipinski definition) is 0. The van der Waals surface area contributed by atoms with Gasteiger partial charge in [0.25, 0.3) is 23.6 Å². The molecule has 3 saturated heterocycles. The van der Waals surface area contributed by atoms with E-state index in [0.717, 1.165) is 0 Å². The smallest absolute Gasteiger partial charge is 0.364 e. The van der Waals surface area contributed by atoms with Gasteiger partial charge in [-0.15, -0.1) is 10.1 Å². The summed E-state index contributed by atoms with van der Waals surface area (Å²) in [5.74, 6) is -2.71. The summed E-state index contributed by atoms with van der Waals surface area (Å²) >= 11 is 0. The van der Waals surface area contributed by atoms with E-state index in [0.29, 0.717) is 23.3 Å². The van der Waals surface area contributed by atoms with Crippen LogP contribution in [-0.4, -0.2) is 72.1 Å². The van der Waals surface area contributed by atoms with Crippen molar-refractivity contribution < 1.29 is 47.9 Å². The monoisotopic (exact) mass is 372 g/mol. The Labute approximate surface area is 146 Å². The molecule has 3 rings (SSSR count). The van der Waals surface area contributed by atoms with Crippen LogP contribution in [0.15, 0.2) is 0 Å². The lowest BCUT2D eigenvalue weighted by molar-refractivity contribution is -0.211. The molecule has 0 spiro atoms. The second kappa shape index (κ2) is 9.01. The van der Waals surface area contributed by atoms with E-state index >= 15 is 0 Å². The summed E-state index contributed by atoms with van der Waals surface area (Å²) in [6.45, 7) is 0.850. The first-order valence-electron chi connectivity index (χ1n) is 7.67. The third-order valence-electron chi connectivity index (χ3n) is 3.42. The summed E-state index contributed by atoms with van der Waals surface area (Å²) in [5.41, 5.74) is 0. The van der Waals surface area contributed by atoms with Gasteiger partial charge < -0.3 is 19.1 Å². The van der Waals surface area contributed by atoms with Crippen molar-refractivity contribution in [3.63, 3.8) is 0 Å². The van der Waals surface area contributed by atoms with Crippen molar-refractivity contribution in [3.8, 4) is 0 Å². The largest absolute Gasteiger partial charge is 0.376 e. The molecule has 0 aromatic heterocycles. The van der Waals surface area contributed by atoms with Gasteiger partial charge in [-0.1, -0.05) is 0 Å². The van der Waals surface area contributed by atoms with Crippen LogP contribution in [0.5, 0.6) is 0 Å². The topological polar surface area (TPSA) is 146 Å². The van der Waals surface area contributed by atoms with E-state index in [1.807, 2.05) is 0 Å². The zero-order chi connectivity index (χ0) is 19.1. The first-order chi connectivity index (χ1) is 12.4. The molecule has 1 unspecified atom stereocenters. The minimum atomic E-state index is -0.866. The van der Waals surface area contributed by atoms with Gasteiger partial charge in [-0.25, -0.2) is 4.79 Å². The molecule has 1 atom stereocenters. The Balaban J connectivity index is 0.000000209. The van der Waals surface area contributed by atoms with Gasteiger partial charge in [0.2, 0.25) is 0 Å². The van der Waals surface area contributed by atoms with Gasteiger partial charge in [-0.3, -0.25) is 24.0 Å². The lowest BCUT2D eigenvalue weighted by atomic mass is 10.3. The molecule has 142 valence electrons. The maximum absolute atomic E-state index is 11.5. The predicted molar refractivity (Wildman–Crippen MR) is 76.0 cm³/mol. The van der Waals surface area contributed by atoms with Crippen molar-refractivity contribution in [2.45, 2.75) is 31.8 Å². The Bertz CT molecular complexity index is 581. The zero-order valence-electron chi connectivity index (χ0n) is 13.6. The summed E-state index contributed by atoms with van der Waals surface area (Å²) < 4.78 is 10.1. The first kappa shape index (κ1) is 19.5. The number of carbonyl (C=O) groups excluding carboxylic acids is 6. The second-order valence-corrected chi connectivity index (χ2v) is 5.21. The van der Waals surface area contributed by atoms with E-state index in [1.54, 1.807) is 0 Å². The molecule has 3 heterocycles. The Hall–Kier alpha value is -2.86. The highest BCUT2D eigenvalue weighted by molar-refractivity contribution is 6.02. The molecule has 0 aromatic rings. The van der Waals surface area contributed by atoms with E-state index in [4.69, 9.17) is 9.47 Å². The molecule has 12 nitrogen and oxygen atoms in total. The third kappa shape index (κ3) is 4.83. The number of hydrogen-bond acceptors (Lipinski definition) is 10. The Kier molecular flexibility index (Phi) is 6.74. The van der Waals surface area contributed by atoms with Gasteiger partial charge >= 0.3 is 12.4 Å². The lowest BCUT2D eigenvalue weighted by Gasteiger charge is -2.22. The van der Waals surface area contributed by atoms with Crippen LogP contribution in [0.25, 0.3) is 0 Å². The van der Waals surface area contributed by atoms with Crippen molar-refractivity contribution in [2.75, 3.05) is 19.8 Å². The molecular weight excluding hydrogens is 356 g/mol. The van der Waals surface area contributed by atoms with Gasteiger partial charge in [-0.2, -0.15) is 0 Å². The average Bonchev–Trinajstić information content (AvgIpc) is 3.13. The molecule has 4 amide bonds. The van der Waals surface area contributed by atoms with Gasteiger partial charge in [0, 0.05) is 25.7 Å². The molecule has 3 fully saturated rings. The van der Waals surface area contributed by atoms with E-state index in [9.17, 15) is 28.8 Å². The van der Waals surface area contributed by atoms with Crippen LogP contribution in [0, 0.1) is 0 Å². The van der Waals surface area contributed by atoms with Crippen molar-refractivity contribution in [3.05, 3.63) is 0 Å². The summed E-state index contributed by atoms with van der Waals surface area (Å²) in [6, 6.07) is 0. The number of rotatable bonds is 4. The zero-order valence-corrected chi connectivity index (χ0v) is 13.6. The van der Waals surface area contributed by atoms with E-state index in [1.165, 1.54) is 0 Å². The fourth-order valence-electron chi connectivity index (χ4n) is 2.15. The predicted octanol–water partition coefficient (Wildman–Crippen LogP) is -1.77. The highest BCUT2D eigenvalue weighted by Crippen LogP contribution is 2.14. The Morgan fingerprint density at radius 3 is 1.92 bits per heavy atom. The highest BCUT2D eigenvalue weighted by Gasteiger charge is 2.35. The molecule has 12 heteroatoms. The van der Waals surface area contributed by atoms with Crippen molar-refractivity contribution in [2.24, 2.45) is 0 Å². The fraction of sp³-hybridized carbons (Fsp3) is 0.571. The molecule has 0 radical (unpaired) electrons. The number of nitrogens with zero attached hydrogens (tertiary/aromatic N) is 2.